The van der Waals surface area contributed by atoms with Crippen molar-refractivity contribution in [2.45, 2.75) is 20.3 Å². The fourth-order valence-corrected chi connectivity index (χ4v) is 3.67. The molecule has 3 rings (SSSR count). The normalized spacial score (nSPS) is 19.6. The summed E-state index contributed by atoms with van der Waals surface area (Å²) in [6, 6.07) is 4.78. The molecule has 2 N–H and O–H groups in total. The van der Waals surface area contributed by atoms with E-state index in [1.54, 1.807) is 6.07 Å². The van der Waals surface area contributed by atoms with E-state index in [1.165, 1.54) is 19.2 Å². The van der Waals surface area contributed by atoms with Gasteiger partial charge in [-0.2, -0.15) is 0 Å². The van der Waals surface area contributed by atoms with Gasteiger partial charge in [-0.1, -0.05) is 6.92 Å². The Balaban J connectivity index is 0.00000280. The van der Waals surface area contributed by atoms with Crippen LogP contribution in [0.4, 0.5) is 4.39 Å². The second-order valence-electron chi connectivity index (χ2n) is 7.00. The first-order valence-electron chi connectivity index (χ1n) is 9.40. The Bertz CT molecular complexity index is 839. The molecule has 8 heteroatoms. The molecule has 6 nitrogen and oxygen atoms in total. The van der Waals surface area contributed by atoms with Crippen LogP contribution in [0, 0.1) is 17.7 Å². The van der Waals surface area contributed by atoms with E-state index >= 15 is 0 Å². The Kier molecular flexibility index (Phi) is 8.09. The monoisotopic (exact) mass is 502 g/mol. The number of H-pyrrole nitrogens is 1. The van der Waals surface area contributed by atoms with Gasteiger partial charge in [0.1, 0.15) is 5.82 Å². The lowest BCUT2D eigenvalue weighted by Gasteiger charge is -2.21. The number of aliphatic imine (C=N–C) groups is 1. The highest BCUT2D eigenvalue weighted by Gasteiger charge is 2.36. The molecular formula is C20H28FIN4O2. The number of methoxy groups -OCH3 is 1. The van der Waals surface area contributed by atoms with Crippen molar-refractivity contribution >= 4 is 46.8 Å². The van der Waals surface area contributed by atoms with Gasteiger partial charge >= 0.3 is 5.97 Å². The molecule has 154 valence electrons. The Morgan fingerprint density at radius 2 is 2.21 bits per heavy atom. The zero-order chi connectivity index (χ0) is 19.4. The molecule has 1 aromatic carbocycles. The van der Waals surface area contributed by atoms with Gasteiger partial charge in [0.15, 0.2) is 5.96 Å². The predicted octanol–water partition coefficient (Wildman–Crippen LogP) is 3.17. The molecule has 1 saturated heterocycles. The van der Waals surface area contributed by atoms with Crippen LogP contribution in [0.15, 0.2) is 29.4 Å². The standard InChI is InChI=1S/C20H27FN4O2.HI/c1-4-22-20(25-11-13(2)17(12-25)19(26)27-3)23-8-7-14-10-24-18-9-15(21)5-6-16(14)18;/h5-6,9-10,13,17,24H,4,7-8,11-12H2,1-3H3,(H,22,23);1H. The van der Waals surface area contributed by atoms with E-state index in [2.05, 4.69) is 22.1 Å². The first-order chi connectivity index (χ1) is 13.0. The number of esters is 1. The highest BCUT2D eigenvalue weighted by atomic mass is 127. The molecular weight excluding hydrogens is 474 g/mol. The van der Waals surface area contributed by atoms with Crippen molar-refractivity contribution in [3.8, 4) is 0 Å². The third kappa shape index (κ3) is 4.95. The number of rotatable bonds is 5. The molecule has 0 saturated carbocycles. The maximum atomic E-state index is 13.3. The van der Waals surface area contributed by atoms with Crippen molar-refractivity contribution in [1.29, 1.82) is 0 Å². The van der Waals surface area contributed by atoms with Gasteiger partial charge in [-0.15, -0.1) is 24.0 Å². The molecule has 1 aromatic heterocycles. The lowest BCUT2D eigenvalue weighted by Crippen LogP contribution is -2.40. The maximum absolute atomic E-state index is 13.3. The maximum Gasteiger partial charge on any atom is 0.310 e. The first-order valence-corrected chi connectivity index (χ1v) is 9.40. The molecule has 1 aliphatic heterocycles. The summed E-state index contributed by atoms with van der Waals surface area (Å²) in [5.74, 6) is 0.521. The second-order valence-corrected chi connectivity index (χ2v) is 7.00. The minimum atomic E-state index is -0.244. The van der Waals surface area contributed by atoms with Crippen LogP contribution in [0.5, 0.6) is 0 Å². The topological polar surface area (TPSA) is 69.7 Å². The molecule has 0 spiro atoms. The Labute approximate surface area is 181 Å². The summed E-state index contributed by atoms with van der Waals surface area (Å²) in [4.78, 5) is 21.9. The fourth-order valence-electron chi connectivity index (χ4n) is 3.67. The van der Waals surface area contributed by atoms with Crippen LogP contribution in [0.25, 0.3) is 10.9 Å². The van der Waals surface area contributed by atoms with Gasteiger partial charge in [0, 0.05) is 43.3 Å². The van der Waals surface area contributed by atoms with Gasteiger partial charge in [0.2, 0.25) is 0 Å². The van der Waals surface area contributed by atoms with Gasteiger partial charge in [-0.25, -0.2) is 4.39 Å². The number of benzene rings is 1. The van der Waals surface area contributed by atoms with E-state index in [0.29, 0.717) is 13.1 Å². The van der Waals surface area contributed by atoms with Crippen LogP contribution < -0.4 is 5.32 Å². The van der Waals surface area contributed by atoms with Crippen LogP contribution in [-0.2, 0) is 16.0 Å². The van der Waals surface area contributed by atoms with E-state index in [-0.39, 0.29) is 47.6 Å². The summed E-state index contributed by atoms with van der Waals surface area (Å²) < 4.78 is 18.2. The van der Waals surface area contributed by atoms with Gasteiger partial charge in [0.05, 0.1) is 13.0 Å². The highest BCUT2D eigenvalue weighted by Crippen LogP contribution is 2.24. The summed E-state index contributed by atoms with van der Waals surface area (Å²) in [5, 5.41) is 4.34. The fraction of sp³-hybridized carbons (Fsp3) is 0.500. The number of carbonyl (C=O) groups is 1. The van der Waals surface area contributed by atoms with E-state index in [4.69, 9.17) is 9.73 Å². The molecule has 0 bridgehead atoms. The number of guanidine groups is 1. The predicted molar refractivity (Wildman–Crippen MR) is 120 cm³/mol. The Hall–Kier alpha value is -1.84. The Morgan fingerprint density at radius 1 is 1.43 bits per heavy atom. The third-order valence-corrected chi connectivity index (χ3v) is 5.12. The van der Waals surface area contributed by atoms with Gasteiger partial charge in [-0.3, -0.25) is 9.79 Å². The van der Waals surface area contributed by atoms with E-state index in [1.807, 2.05) is 13.1 Å². The first kappa shape index (κ1) is 22.4. The average Bonchev–Trinajstić information content (AvgIpc) is 3.23. The number of aromatic nitrogens is 1. The van der Waals surface area contributed by atoms with E-state index in [9.17, 15) is 9.18 Å². The molecule has 2 unspecified atom stereocenters. The summed E-state index contributed by atoms with van der Waals surface area (Å²) in [7, 11) is 1.43. The molecule has 0 aliphatic carbocycles. The zero-order valence-corrected chi connectivity index (χ0v) is 18.8. The molecule has 2 atom stereocenters. The van der Waals surface area contributed by atoms with Crippen LogP contribution in [0.3, 0.4) is 0 Å². The molecule has 28 heavy (non-hydrogen) atoms. The molecule has 2 heterocycles. The minimum absolute atomic E-state index is 0. The van der Waals surface area contributed by atoms with Crippen molar-refractivity contribution < 1.29 is 13.9 Å². The lowest BCUT2D eigenvalue weighted by molar-refractivity contribution is -0.145. The van der Waals surface area contributed by atoms with Crippen molar-refractivity contribution in [2.75, 3.05) is 33.3 Å². The van der Waals surface area contributed by atoms with Crippen molar-refractivity contribution in [3.05, 3.63) is 35.8 Å². The summed E-state index contributed by atoms with van der Waals surface area (Å²) >= 11 is 0. The van der Waals surface area contributed by atoms with Crippen LogP contribution in [0.1, 0.15) is 19.4 Å². The number of nitrogens with one attached hydrogen (secondary N) is 2. The molecule has 2 aromatic rings. The smallest absolute Gasteiger partial charge is 0.310 e. The van der Waals surface area contributed by atoms with Gasteiger partial charge in [0.25, 0.3) is 0 Å². The SMILES string of the molecule is CCNC(=NCCc1c[nH]c2cc(F)ccc12)N1CC(C)C(C(=O)OC)C1.I. The average molecular weight is 502 g/mol. The van der Waals surface area contributed by atoms with E-state index < -0.39 is 0 Å². The summed E-state index contributed by atoms with van der Waals surface area (Å²) in [6.07, 6.45) is 2.67. The van der Waals surface area contributed by atoms with Crippen LogP contribution in [0.2, 0.25) is 0 Å². The van der Waals surface area contributed by atoms with Crippen molar-refractivity contribution in [1.82, 2.24) is 15.2 Å². The molecule has 1 fully saturated rings. The van der Waals surface area contributed by atoms with Crippen molar-refractivity contribution in [3.63, 3.8) is 0 Å². The second kappa shape index (κ2) is 10.1. The number of hydrogen-bond acceptors (Lipinski definition) is 3. The zero-order valence-electron chi connectivity index (χ0n) is 16.5. The van der Waals surface area contributed by atoms with Gasteiger partial charge in [-0.05, 0) is 43.0 Å². The summed E-state index contributed by atoms with van der Waals surface area (Å²) in [6.45, 7) is 6.86. The van der Waals surface area contributed by atoms with Gasteiger partial charge < -0.3 is 19.9 Å². The summed E-state index contributed by atoms with van der Waals surface area (Å²) in [5.41, 5.74) is 1.92. The van der Waals surface area contributed by atoms with Crippen molar-refractivity contribution in [2.24, 2.45) is 16.8 Å². The molecule has 0 radical (unpaired) electrons. The number of fused-ring (bicyclic) bond motifs is 1. The molecule has 0 amide bonds. The highest BCUT2D eigenvalue weighted by molar-refractivity contribution is 14.0. The third-order valence-electron chi connectivity index (χ3n) is 5.12. The van der Waals surface area contributed by atoms with E-state index in [0.717, 1.165) is 41.9 Å². The number of halogens is 2. The number of aromatic amines is 1. The quantitative estimate of drug-likeness (QED) is 0.285. The number of nitrogens with zero attached hydrogens (tertiary/aromatic N) is 2. The van der Waals surface area contributed by atoms with Crippen LogP contribution >= 0.6 is 24.0 Å². The largest absolute Gasteiger partial charge is 0.469 e. The van der Waals surface area contributed by atoms with Crippen LogP contribution in [-0.4, -0.2) is 55.1 Å². The number of hydrogen-bond donors (Lipinski definition) is 2. The number of likely N-dealkylation sites (tertiary alicyclic amines) is 1. The molecule has 1 aliphatic rings. The minimum Gasteiger partial charge on any atom is -0.469 e. The number of carbonyl (C=O) groups excluding carboxylic acids is 1. The lowest BCUT2D eigenvalue weighted by atomic mass is 9.99. The number of ether oxygens (including phenoxy) is 1. The Morgan fingerprint density at radius 3 is 2.93 bits per heavy atom.